The van der Waals surface area contributed by atoms with E-state index in [0.717, 1.165) is 37.3 Å². The van der Waals surface area contributed by atoms with Gasteiger partial charge in [-0.25, -0.2) is 13.1 Å². The van der Waals surface area contributed by atoms with Crippen LogP contribution in [-0.2, 0) is 19.6 Å². The number of sulfonamides is 1. The molecule has 3 atom stereocenters. The number of morpholine rings is 1. The standard InChI is InChI=1S/C25H41N3O4S/c1-5-6-7-20(4)33(30,31)27-23-10-8-21(9-11-23)25(29)26-22-12-14-24(15-13-22)28-16-18(2)32-19(3)17-28/h12-15,18-21,23,27H,5-11,16-17H2,1-4H3,(H,26,29)/t18-,19?,20?,21?,23?/m0/s1. The summed E-state index contributed by atoms with van der Waals surface area (Å²) in [5, 5.41) is 2.67. The van der Waals surface area contributed by atoms with Gasteiger partial charge in [0.2, 0.25) is 15.9 Å². The monoisotopic (exact) mass is 479 g/mol. The molecule has 1 aliphatic carbocycles. The number of carbonyl (C=O) groups excluding carboxylic acids is 1. The smallest absolute Gasteiger partial charge is 0.227 e. The van der Waals surface area contributed by atoms with Crippen LogP contribution in [0, 0.1) is 5.92 Å². The molecule has 1 aromatic carbocycles. The van der Waals surface area contributed by atoms with Crippen LogP contribution in [0.5, 0.6) is 0 Å². The van der Waals surface area contributed by atoms with Crippen molar-refractivity contribution in [3.63, 3.8) is 0 Å². The first-order valence-corrected chi connectivity index (χ1v) is 14.0. The van der Waals surface area contributed by atoms with Gasteiger partial charge in [-0.15, -0.1) is 0 Å². The minimum atomic E-state index is -3.30. The third-order valence-electron chi connectivity index (χ3n) is 6.84. The Morgan fingerprint density at radius 1 is 1.09 bits per heavy atom. The predicted octanol–water partition coefficient (Wildman–Crippen LogP) is 4.30. The number of rotatable bonds is 9. The number of hydrogen-bond donors (Lipinski definition) is 2. The predicted molar refractivity (Wildman–Crippen MR) is 134 cm³/mol. The fourth-order valence-electron chi connectivity index (χ4n) is 4.86. The topological polar surface area (TPSA) is 87.7 Å². The van der Waals surface area contributed by atoms with Gasteiger partial charge >= 0.3 is 0 Å². The Balaban J connectivity index is 1.46. The molecule has 7 nitrogen and oxygen atoms in total. The van der Waals surface area contributed by atoms with Gasteiger partial charge in [0.15, 0.2) is 0 Å². The molecule has 2 aliphatic rings. The highest BCUT2D eigenvalue weighted by atomic mass is 32.2. The number of unbranched alkanes of at least 4 members (excludes halogenated alkanes) is 1. The molecule has 2 N–H and O–H groups in total. The van der Waals surface area contributed by atoms with Crippen molar-refractivity contribution < 1.29 is 17.9 Å². The third-order valence-corrected chi connectivity index (χ3v) is 8.80. The maximum Gasteiger partial charge on any atom is 0.227 e. The average molecular weight is 480 g/mol. The SMILES string of the molecule is CCCCC(C)S(=O)(=O)NC1CCC(C(=O)Nc2ccc(N3CC(C)O[C@@H](C)C3)cc2)CC1. The van der Waals surface area contributed by atoms with Gasteiger partial charge in [-0.3, -0.25) is 4.79 Å². The lowest BCUT2D eigenvalue weighted by Crippen LogP contribution is -2.45. The molecule has 2 unspecified atom stereocenters. The summed E-state index contributed by atoms with van der Waals surface area (Å²) in [4.78, 5) is 15.1. The van der Waals surface area contributed by atoms with E-state index in [1.54, 1.807) is 6.92 Å². The van der Waals surface area contributed by atoms with Crippen molar-refractivity contribution >= 4 is 27.3 Å². The lowest BCUT2D eigenvalue weighted by Gasteiger charge is -2.36. The average Bonchev–Trinajstić information content (AvgIpc) is 2.77. The van der Waals surface area contributed by atoms with Crippen LogP contribution < -0.4 is 14.9 Å². The Kier molecular flexibility index (Phi) is 9.18. The van der Waals surface area contributed by atoms with Gasteiger partial charge in [0.25, 0.3) is 0 Å². The fourth-order valence-corrected chi connectivity index (χ4v) is 6.27. The zero-order valence-corrected chi connectivity index (χ0v) is 21.4. The first-order valence-electron chi connectivity index (χ1n) is 12.5. The van der Waals surface area contributed by atoms with E-state index in [4.69, 9.17) is 4.74 Å². The zero-order chi connectivity index (χ0) is 24.0. The zero-order valence-electron chi connectivity index (χ0n) is 20.5. The number of nitrogens with zero attached hydrogens (tertiary/aromatic N) is 1. The minimum absolute atomic E-state index is 0.0222. The van der Waals surface area contributed by atoms with Crippen LogP contribution in [0.2, 0.25) is 0 Å². The van der Waals surface area contributed by atoms with Crippen molar-refractivity contribution in [2.45, 2.75) is 96.1 Å². The van der Waals surface area contributed by atoms with Crippen molar-refractivity contribution in [2.24, 2.45) is 5.92 Å². The summed E-state index contributed by atoms with van der Waals surface area (Å²) in [6.45, 7) is 9.75. The first kappa shape index (κ1) is 26.0. The fraction of sp³-hybridized carbons (Fsp3) is 0.720. The summed E-state index contributed by atoms with van der Waals surface area (Å²) in [7, 11) is -3.30. The van der Waals surface area contributed by atoms with Crippen LogP contribution in [0.1, 0.15) is 72.6 Å². The Bertz CT molecular complexity index is 856. The molecule has 33 heavy (non-hydrogen) atoms. The summed E-state index contributed by atoms with van der Waals surface area (Å²) in [5.41, 5.74) is 1.93. The number of ether oxygens (including phenoxy) is 1. The van der Waals surface area contributed by atoms with Crippen LogP contribution in [0.25, 0.3) is 0 Å². The van der Waals surface area contributed by atoms with Gasteiger partial charge in [-0.1, -0.05) is 19.8 Å². The van der Waals surface area contributed by atoms with Gasteiger partial charge < -0.3 is 15.0 Å². The van der Waals surface area contributed by atoms with Gasteiger partial charge in [0.1, 0.15) is 0 Å². The number of hydrogen-bond acceptors (Lipinski definition) is 5. The van der Waals surface area contributed by atoms with Crippen molar-refractivity contribution in [1.29, 1.82) is 0 Å². The Morgan fingerprint density at radius 3 is 2.27 bits per heavy atom. The van der Waals surface area contributed by atoms with Crippen molar-refractivity contribution in [2.75, 3.05) is 23.3 Å². The van der Waals surface area contributed by atoms with E-state index in [1.807, 2.05) is 24.3 Å². The number of amides is 1. The van der Waals surface area contributed by atoms with E-state index in [9.17, 15) is 13.2 Å². The van der Waals surface area contributed by atoms with E-state index in [-0.39, 0.29) is 35.3 Å². The van der Waals surface area contributed by atoms with Crippen molar-refractivity contribution in [1.82, 2.24) is 4.72 Å². The second-order valence-corrected chi connectivity index (χ2v) is 12.0. The van der Waals surface area contributed by atoms with Crippen LogP contribution in [0.3, 0.4) is 0 Å². The summed E-state index contributed by atoms with van der Waals surface area (Å²) < 4.78 is 33.8. The molecule has 1 heterocycles. The van der Waals surface area contributed by atoms with E-state index in [2.05, 4.69) is 35.7 Å². The second kappa shape index (κ2) is 11.7. The van der Waals surface area contributed by atoms with Crippen molar-refractivity contribution in [3.8, 4) is 0 Å². The molecule has 186 valence electrons. The first-order chi connectivity index (χ1) is 15.7. The lowest BCUT2D eigenvalue weighted by atomic mass is 9.86. The van der Waals surface area contributed by atoms with Gasteiger partial charge in [0, 0.05) is 36.4 Å². The Hall–Kier alpha value is -1.64. The minimum Gasteiger partial charge on any atom is -0.372 e. The molecule has 1 aromatic rings. The largest absolute Gasteiger partial charge is 0.372 e. The number of benzene rings is 1. The van der Waals surface area contributed by atoms with Crippen LogP contribution in [0.4, 0.5) is 11.4 Å². The summed E-state index contributed by atoms with van der Waals surface area (Å²) in [5.74, 6) is -0.0575. The molecule has 1 amide bonds. The van der Waals surface area contributed by atoms with Crippen LogP contribution in [0.15, 0.2) is 24.3 Å². The molecule has 3 rings (SSSR count). The van der Waals surface area contributed by atoms with E-state index in [1.165, 1.54) is 0 Å². The van der Waals surface area contributed by atoms with E-state index >= 15 is 0 Å². The number of anilines is 2. The molecule has 0 bridgehead atoms. The number of carbonyl (C=O) groups is 1. The quantitative estimate of drug-likeness (QED) is 0.551. The summed E-state index contributed by atoms with van der Waals surface area (Å²) >= 11 is 0. The van der Waals surface area contributed by atoms with Gasteiger partial charge in [-0.2, -0.15) is 0 Å². The maximum absolute atomic E-state index is 12.8. The molecule has 1 saturated heterocycles. The third kappa shape index (κ3) is 7.42. The molecule has 2 fully saturated rings. The molecular formula is C25H41N3O4S. The maximum atomic E-state index is 12.8. The molecular weight excluding hydrogens is 438 g/mol. The van der Waals surface area contributed by atoms with Gasteiger partial charge in [0.05, 0.1) is 17.5 Å². The van der Waals surface area contributed by atoms with E-state index < -0.39 is 10.0 Å². The molecule has 1 aliphatic heterocycles. The lowest BCUT2D eigenvalue weighted by molar-refractivity contribution is -0.120. The summed E-state index contributed by atoms with van der Waals surface area (Å²) in [6.07, 6.45) is 5.79. The van der Waals surface area contributed by atoms with Gasteiger partial charge in [-0.05, 0) is 77.1 Å². The molecule has 0 spiro atoms. The Morgan fingerprint density at radius 2 is 1.70 bits per heavy atom. The molecule has 0 aromatic heterocycles. The van der Waals surface area contributed by atoms with Crippen LogP contribution in [-0.4, -0.2) is 50.9 Å². The molecule has 1 saturated carbocycles. The highest BCUT2D eigenvalue weighted by Gasteiger charge is 2.30. The second-order valence-electron chi connectivity index (χ2n) is 9.86. The summed E-state index contributed by atoms with van der Waals surface area (Å²) in [6, 6.07) is 7.93. The normalized spacial score (nSPS) is 27.2. The number of nitrogens with one attached hydrogen (secondary N) is 2. The van der Waals surface area contributed by atoms with Crippen molar-refractivity contribution in [3.05, 3.63) is 24.3 Å². The highest BCUT2D eigenvalue weighted by molar-refractivity contribution is 7.90. The van der Waals surface area contributed by atoms with E-state index in [0.29, 0.717) is 32.1 Å². The Labute approximate surface area is 199 Å². The molecule has 8 heteroatoms. The van der Waals surface area contributed by atoms with Crippen LogP contribution >= 0.6 is 0 Å². The highest BCUT2D eigenvalue weighted by Crippen LogP contribution is 2.28. The molecule has 0 radical (unpaired) electrons.